The summed E-state index contributed by atoms with van der Waals surface area (Å²) in [5, 5.41) is 0. The number of methoxy groups -OCH3 is 1. The summed E-state index contributed by atoms with van der Waals surface area (Å²) in [5.41, 5.74) is 1.77. The highest BCUT2D eigenvalue weighted by molar-refractivity contribution is 5.81. The predicted octanol–water partition coefficient (Wildman–Crippen LogP) is 2.58. The summed E-state index contributed by atoms with van der Waals surface area (Å²) in [4.78, 5) is 12.2. The van der Waals surface area contributed by atoms with E-state index in [0.717, 1.165) is 16.9 Å². The largest absolute Gasteiger partial charge is 0.496 e. The molecule has 1 aliphatic heterocycles. The minimum atomic E-state index is -0.296. The maximum atomic E-state index is 12.2. The second kappa shape index (κ2) is 4.23. The molecular formula is C15H18O4. The number of fused-ring (bicyclic) bond motifs is 3. The zero-order valence-electron chi connectivity index (χ0n) is 11.4. The van der Waals surface area contributed by atoms with E-state index in [1.165, 1.54) is 0 Å². The first-order valence-corrected chi connectivity index (χ1v) is 6.62. The van der Waals surface area contributed by atoms with Crippen LogP contribution in [-0.2, 0) is 14.3 Å². The summed E-state index contributed by atoms with van der Waals surface area (Å²) in [5.74, 6) is 0.256. The first-order valence-electron chi connectivity index (χ1n) is 6.62. The topological polar surface area (TPSA) is 48.1 Å². The molecule has 0 spiro atoms. The molecule has 0 amide bonds. The van der Waals surface area contributed by atoms with Gasteiger partial charge >= 0.3 is 5.97 Å². The monoisotopic (exact) mass is 262 g/mol. The van der Waals surface area contributed by atoms with E-state index in [1.807, 2.05) is 32.0 Å². The number of esters is 1. The minimum absolute atomic E-state index is 0.0864. The molecule has 0 N–H and O–H groups in total. The lowest BCUT2D eigenvalue weighted by molar-refractivity contribution is -0.145. The lowest BCUT2D eigenvalue weighted by atomic mass is 9.77. The third-order valence-electron chi connectivity index (χ3n) is 4.02. The molecule has 4 heteroatoms. The Hall–Kier alpha value is -1.55. The number of epoxide rings is 1. The first-order chi connectivity index (χ1) is 9.10. The van der Waals surface area contributed by atoms with Gasteiger partial charge in [-0.2, -0.15) is 0 Å². The maximum absolute atomic E-state index is 12.2. The lowest BCUT2D eigenvalue weighted by Crippen LogP contribution is -2.27. The van der Waals surface area contributed by atoms with Gasteiger partial charge in [-0.05, 0) is 31.9 Å². The Morgan fingerprint density at radius 1 is 1.53 bits per heavy atom. The van der Waals surface area contributed by atoms with Crippen LogP contribution >= 0.6 is 0 Å². The Kier molecular flexibility index (Phi) is 2.78. The van der Waals surface area contributed by atoms with Crippen molar-refractivity contribution in [3.8, 4) is 5.75 Å². The number of hydrogen-bond acceptors (Lipinski definition) is 4. The Labute approximate surface area is 112 Å². The lowest BCUT2D eigenvalue weighted by Gasteiger charge is -2.26. The first kappa shape index (κ1) is 12.5. The van der Waals surface area contributed by atoms with Crippen molar-refractivity contribution in [1.82, 2.24) is 0 Å². The highest BCUT2D eigenvalue weighted by atomic mass is 16.6. The molecule has 1 saturated heterocycles. The van der Waals surface area contributed by atoms with Crippen molar-refractivity contribution in [2.45, 2.75) is 37.9 Å². The SMILES string of the molecule is CCOC(=O)[C@@H]1C[C@@]2(C)O[C@H]2c2cccc(OC)c21. The van der Waals surface area contributed by atoms with Crippen molar-refractivity contribution in [2.24, 2.45) is 0 Å². The third-order valence-corrected chi connectivity index (χ3v) is 4.02. The molecule has 0 bridgehead atoms. The number of ether oxygens (including phenoxy) is 3. The number of carbonyl (C=O) groups excluding carboxylic acids is 1. The van der Waals surface area contributed by atoms with Gasteiger partial charge < -0.3 is 14.2 Å². The molecular weight excluding hydrogens is 244 g/mol. The standard InChI is InChI=1S/C15H18O4/c1-4-18-14(16)10-8-15(2)13(19-15)9-6-5-7-11(17-3)12(9)10/h5-7,10,13H,4,8H2,1-3H3/t10-,13+,15-/m1/s1. The highest BCUT2D eigenvalue weighted by Gasteiger charge is 2.60. The van der Waals surface area contributed by atoms with Crippen LogP contribution < -0.4 is 4.74 Å². The van der Waals surface area contributed by atoms with Crippen molar-refractivity contribution in [2.75, 3.05) is 13.7 Å². The van der Waals surface area contributed by atoms with Crippen LogP contribution in [0, 0.1) is 0 Å². The molecule has 19 heavy (non-hydrogen) atoms. The van der Waals surface area contributed by atoms with Gasteiger partial charge in [0.25, 0.3) is 0 Å². The normalized spacial score (nSPS) is 31.1. The summed E-state index contributed by atoms with van der Waals surface area (Å²) < 4.78 is 16.4. The molecule has 1 aromatic rings. The predicted molar refractivity (Wildman–Crippen MR) is 69.2 cm³/mol. The van der Waals surface area contributed by atoms with Gasteiger partial charge in [-0.1, -0.05) is 12.1 Å². The summed E-state index contributed by atoms with van der Waals surface area (Å²) in [6, 6.07) is 5.84. The second-order valence-corrected chi connectivity index (χ2v) is 5.28. The van der Waals surface area contributed by atoms with Gasteiger partial charge in [0.05, 0.1) is 25.2 Å². The molecule has 1 heterocycles. The Balaban J connectivity index is 2.07. The van der Waals surface area contributed by atoms with Crippen molar-refractivity contribution in [1.29, 1.82) is 0 Å². The summed E-state index contributed by atoms with van der Waals surface area (Å²) in [7, 11) is 1.62. The quantitative estimate of drug-likeness (QED) is 0.620. The van der Waals surface area contributed by atoms with Crippen LogP contribution in [0.2, 0.25) is 0 Å². The van der Waals surface area contributed by atoms with Crippen LogP contribution in [0.3, 0.4) is 0 Å². The molecule has 0 aromatic heterocycles. The molecule has 1 aromatic carbocycles. The molecule has 0 unspecified atom stereocenters. The molecule has 2 aliphatic rings. The molecule has 3 rings (SSSR count). The Bertz CT molecular complexity index is 525. The van der Waals surface area contributed by atoms with E-state index < -0.39 is 0 Å². The van der Waals surface area contributed by atoms with Crippen LogP contribution in [0.25, 0.3) is 0 Å². The van der Waals surface area contributed by atoms with Gasteiger partial charge in [0, 0.05) is 5.56 Å². The number of benzene rings is 1. The van der Waals surface area contributed by atoms with Gasteiger partial charge in [-0.15, -0.1) is 0 Å². The third kappa shape index (κ3) is 1.82. The van der Waals surface area contributed by atoms with Crippen LogP contribution in [-0.4, -0.2) is 25.3 Å². The summed E-state index contributed by atoms with van der Waals surface area (Å²) >= 11 is 0. The zero-order chi connectivity index (χ0) is 13.6. The average molecular weight is 262 g/mol. The molecule has 102 valence electrons. The van der Waals surface area contributed by atoms with Crippen molar-refractivity contribution in [3.63, 3.8) is 0 Å². The Morgan fingerprint density at radius 3 is 3.00 bits per heavy atom. The van der Waals surface area contributed by atoms with E-state index in [0.29, 0.717) is 13.0 Å². The zero-order valence-corrected chi connectivity index (χ0v) is 11.4. The van der Waals surface area contributed by atoms with E-state index >= 15 is 0 Å². The summed E-state index contributed by atoms with van der Waals surface area (Å²) in [6.07, 6.45) is 0.743. The van der Waals surface area contributed by atoms with E-state index in [1.54, 1.807) is 7.11 Å². The fourth-order valence-corrected chi connectivity index (χ4v) is 3.07. The molecule has 1 aliphatic carbocycles. The van der Waals surface area contributed by atoms with E-state index in [4.69, 9.17) is 14.2 Å². The van der Waals surface area contributed by atoms with Crippen LogP contribution in [0.1, 0.15) is 43.4 Å². The van der Waals surface area contributed by atoms with E-state index in [2.05, 4.69) is 0 Å². The maximum Gasteiger partial charge on any atom is 0.313 e. The summed E-state index contributed by atoms with van der Waals surface area (Å²) in [6.45, 7) is 4.26. The van der Waals surface area contributed by atoms with Crippen LogP contribution in [0.4, 0.5) is 0 Å². The van der Waals surface area contributed by atoms with E-state index in [9.17, 15) is 4.79 Å². The van der Waals surface area contributed by atoms with Crippen molar-refractivity contribution in [3.05, 3.63) is 29.3 Å². The van der Waals surface area contributed by atoms with E-state index in [-0.39, 0.29) is 23.6 Å². The van der Waals surface area contributed by atoms with Crippen LogP contribution in [0.5, 0.6) is 5.75 Å². The van der Waals surface area contributed by atoms with Crippen LogP contribution in [0.15, 0.2) is 18.2 Å². The molecule has 3 atom stereocenters. The fourth-order valence-electron chi connectivity index (χ4n) is 3.07. The van der Waals surface area contributed by atoms with Crippen molar-refractivity contribution < 1.29 is 19.0 Å². The number of rotatable bonds is 3. The average Bonchev–Trinajstić information content (AvgIpc) is 3.09. The minimum Gasteiger partial charge on any atom is -0.496 e. The van der Waals surface area contributed by atoms with Gasteiger partial charge in [0.1, 0.15) is 11.9 Å². The Morgan fingerprint density at radius 2 is 2.32 bits per heavy atom. The number of carbonyl (C=O) groups is 1. The fraction of sp³-hybridized carbons (Fsp3) is 0.533. The molecule has 0 radical (unpaired) electrons. The molecule has 4 nitrogen and oxygen atoms in total. The van der Waals surface area contributed by atoms with Gasteiger partial charge in [0.15, 0.2) is 0 Å². The second-order valence-electron chi connectivity index (χ2n) is 5.28. The van der Waals surface area contributed by atoms with Crippen molar-refractivity contribution >= 4 is 5.97 Å². The number of hydrogen-bond donors (Lipinski definition) is 0. The smallest absolute Gasteiger partial charge is 0.313 e. The van der Waals surface area contributed by atoms with Gasteiger partial charge in [0.2, 0.25) is 0 Å². The van der Waals surface area contributed by atoms with Gasteiger partial charge in [-0.3, -0.25) is 4.79 Å². The molecule has 0 saturated carbocycles. The highest BCUT2D eigenvalue weighted by Crippen LogP contribution is 2.61. The van der Waals surface area contributed by atoms with Gasteiger partial charge in [-0.25, -0.2) is 0 Å². The molecule has 1 fully saturated rings.